The van der Waals surface area contributed by atoms with Crippen LogP contribution in [0.5, 0.6) is 0 Å². The van der Waals surface area contributed by atoms with Gasteiger partial charge in [-0.15, -0.1) is 0 Å². The maximum absolute atomic E-state index is 3.96. The molecular weight excluding hydrogens is 192 g/mol. The lowest BCUT2D eigenvalue weighted by Crippen LogP contribution is -1.99. The number of hydrogen-bond donors (Lipinski definition) is 1. The van der Waals surface area contributed by atoms with Gasteiger partial charge in [-0.2, -0.15) is 0 Å². The zero-order valence-electron chi connectivity index (χ0n) is 7.78. The van der Waals surface area contributed by atoms with Crippen molar-refractivity contribution in [1.29, 1.82) is 0 Å². The Labute approximate surface area is 86.2 Å². The third-order valence-electron chi connectivity index (χ3n) is 1.49. The van der Waals surface area contributed by atoms with Gasteiger partial charge in [-0.1, -0.05) is 0 Å². The number of anilines is 1. The molecule has 0 aliphatic rings. The van der Waals surface area contributed by atoms with Crippen LogP contribution in [0.1, 0.15) is 0 Å². The average molecular weight is 200 g/mol. The Kier molecular flexibility index (Phi) is 2.91. The summed E-state index contributed by atoms with van der Waals surface area (Å²) in [4.78, 5) is 19.7. The second-order valence-electron chi connectivity index (χ2n) is 2.52. The number of hydrogen-bond acceptors (Lipinski definition) is 5. The zero-order valence-corrected chi connectivity index (χ0v) is 7.78. The molecule has 0 aliphatic carbocycles. The molecule has 0 saturated heterocycles. The van der Waals surface area contributed by atoms with Crippen molar-refractivity contribution in [2.45, 2.75) is 0 Å². The molecular formula is C9H8N6. The summed E-state index contributed by atoms with van der Waals surface area (Å²) in [6.45, 7) is 0. The summed E-state index contributed by atoms with van der Waals surface area (Å²) in [7, 11) is 0. The average Bonchev–Trinajstić information content (AvgIpc) is 2.32. The lowest BCUT2D eigenvalue weighted by molar-refractivity contribution is 1.13. The third kappa shape index (κ3) is 2.80. The first kappa shape index (κ1) is 9.20. The van der Waals surface area contributed by atoms with Crippen LogP contribution >= 0.6 is 0 Å². The Hall–Kier alpha value is -2.37. The van der Waals surface area contributed by atoms with Crippen LogP contribution in [0.2, 0.25) is 0 Å². The number of aliphatic imine (C=N–C) groups is 1. The minimum atomic E-state index is 0.390. The standard InChI is InChI=1S/C9H8N6/c1-3-10-8(11-4-1)14-7-15-9-12-5-2-6-13-9/h1-7H,(H,10,11,12,13,14,15). The molecule has 0 bridgehead atoms. The van der Waals surface area contributed by atoms with E-state index in [9.17, 15) is 0 Å². The fraction of sp³-hybridized carbons (Fsp3) is 0. The summed E-state index contributed by atoms with van der Waals surface area (Å²) >= 11 is 0. The summed E-state index contributed by atoms with van der Waals surface area (Å²) in [6, 6.07) is 3.47. The summed E-state index contributed by atoms with van der Waals surface area (Å²) in [6.07, 6.45) is 7.98. The zero-order chi connectivity index (χ0) is 10.3. The lowest BCUT2D eigenvalue weighted by atomic mass is 10.7. The van der Waals surface area contributed by atoms with Crippen LogP contribution in [0.4, 0.5) is 11.9 Å². The van der Waals surface area contributed by atoms with E-state index < -0.39 is 0 Å². The van der Waals surface area contributed by atoms with E-state index >= 15 is 0 Å². The molecule has 0 amide bonds. The van der Waals surface area contributed by atoms with Gasteiger partial charge in [0.05, 0.1) is 6.34 Å². The fourth-order valence-electron chi connectivity index (χ4n) is 0.879. The molecule has 0 aliphatic heterocycles. The van der Waals surface area contributed by atoms with Crippen molar-refractivity contribution in [1.82, 2.24) is 19.9 Å². The van der Waals surface area contributed by atoms with E-state index in [0.717, 1.165) is 0 Å². The predicted octanol–water partition coefficient (Wildman–Crippen LogP) is 1.04. The quantitative estimate of drug-likeness (QED) is 0.591. The van der Waals surface area contributed by atoms with Crippen LogP contribution in [-0.2, 0) is 0 Å². The van der Waals surface area contributed by atoms with Gasteiger partial charge in [-0.3, -0.25) is 0 Å². The van der Waals surface area contributed by atoms with Gasteiger partial charge >= 0.3 is 0 Å². The van der Waals surface area contributed by atoms with Gasteiger partial charge < -0.3 is 5.32 Å². The van der Waals surface area contributed by atoms with Gasteiger partial charge in [0.1, 0.15) is 0 Å². The van der Waals surface area contributed by atoms with E-state index in [1.165, 1.54) is 6.34 Å². The highest BCUT2D eigenvalue weighted by Gasteiger charge is 1.89. The van der Waals surface area contributed by atoms with Crippen molar-refractivity contribution < 1.29 is 0 Å². The van der Waals surface area contributed by atoms with Crippen LogP contribution in [-0.4, -0.2) is 26.3 Å². The van der Waals surface area contributed by atoms with Crippen molar-refractivity contribution in [2.75, 3.05) is 5.32 Å². The Morgan fingerprint density at radius 3 is 2.20 bits per heavy atom. The monoisotopic (exact) mass is 200 g/mol. The van der Waals surface area contributed by atoms with Gasteiger partial charge in [-0.05, 0) is 12.1 Å². The highest BCUT2D eigenvalue weighted by molar-refractivity contribution is 5.73. The molecule has 2 aromatic heterocycles. The third-order valence-corrected chi connectivity index (χ3v) is 1.49. The number of rotatable bonds is 3. The van der Waals surface area contributed by atoms with E-state index in [0.29, 0.717) is 11.9 Å². The molecule has 15 heavy (non-hydrogen) atoms. The molecule has 0 fully saturated rings. The van der Waals surface area contributed by atoms with Crippen molar-refractivity contribution >= 4 is 18.2 Å². The van der Waals surface area contributed by atoms with Gasteiger partial charge in [0.25, 0.3) is 5.95 Å². The van der Waals surface area contributed by atoms with E-state index in [-0.39, 0.29) is 0 Å². The number of nitrogens with zero attached hydrogens (tertiary/aromatic N) is 5. The highest BCUT2D eigenvalue weighted by atomic mass is 15.1. The first-order valence-corrected chi connectivity index (χ1v) is 4.28. The summed E-state index contributed by atoms with van der Waals surface area (Å²) < 4.78 is 0. The predicted molar refractivity (Wildman–Crippen MR) is 55.8 cm³/mol. The van der Waals surface area contributed by atoms with Crippen molar-refractivity contribution in [3.8, 4) is 0 Å². The van der Waals surface area contributed by atoms with Crippen molar-refractivity contribution in [2.24, 2.45) is 4.99 Å². The van der Waals surface area contributed by atoms with Crippen LogP contribution in [0.3, 0.4) is 0 Å². The molecule has 0 aromatic carbocycles. The molecule has 2 aromatic rings. The van der Waals surface area contributed by atoms with Gasteiger partial charge in [0.2, 0.25) is 5.95 Å². The summed E-state index contributed by atoms with van der Waals surface area (Å²) in [5.74, 6) is 0.873. The molecule has 2 rings (SSSR count). The fourth-order valence-corrected chi connectivity index (χ4v) is 0.879. The Bertz CT molecular complexity index is 427. The van der Waals surface area contributed by atoms with Gasteiger partial charge in [-0.25, -0.2) is 24.9 Å². The Balaban J connectivity index is 1.97. The van der Waals surface area contributed by atoms with E-state index in [1.807, 2.05) is 0 Å². The van der Waals surface area contributed by atoms with Crippen molar-refractivity contribution in [3.05, 3.63) is 36.9 Å². The lowest BCUT2D eigenvalue weighted by Gasteiger charge is -1.94. The molecule has 0 radical (unpaired) electrons. The van der Waals surface area contributed by atoms with Gasteiger partial charge in [0.15, 0.2) is 0 Å². The molecule has 2 heterocycles. The second-order valence-corrected chi connectivity index (χ2v) is 2.52. The van der Waals surface area contributed by atoms with Gasteiger partial charge in [0, 0.05) is 24.8 Å². The van der Waals surface area contributed by atoms with E-state index in [4.69, 9.17) is 0 Å². The topological polar surface area (TPSA) is 76.0 Å². The van der Waals surface area contributed by atoms with E-state index in [1.54, 1.807) is 36.9 Å². The summed E-state index contributed by atoms with van der Waals surface area (Å²) in [5.41, 5.74) is 0. The molecule has 0 saturated carbocycles. The molecule has 0 spiro atoms. The first-order valence-electron chi connectivity index (χ1n) is 4.28. The second kappa shape index (κ2) is 4.75. The first-order chi connectivity index (χ1) is 7.45. The smallest absolute Gasteiger partial charge is 0.250 e. The Morgan fingerprint density at radius 1 is 0.933 bits per heavy atom. The molecule has 0 unspecified atom stereocenters. The maximum Gasteiger partial charge on any atom is 0.250 e. The van der Waals surface area contributed by atoms with Crippen molar-refractivity contribution in [3.63, 3.8) is 0 Å². The molecule has 74 valence electrons. The number of nitrogens with one attached hydrogen (secondary N) is 1. The molecule has 1 N–H and O–H groups in total. The largest absolute Gasteiger partial charge is 0.315 e. The minimum Gasteiger partial charge on any atom is -0.315 e. The normalized spacial score (nSPS) is 10.4. The van der Waals surface area contributed by atoms with Crippen LogP contribution in [0, 0.1) is 0 Å². The molecule has 6 heteroatoms. The van der Waals surface area contributed by atoms with Crippen LogP contribution in [0.25, 0.3) is 0 Å². The van der Waals surface area contributed by atoms with E-state index in [2.05, 4.69) is 30.2 Å². The van der Waals surface area contributed by atoms with Crippen LogP contribution in [0.15, 0.2) is 41.9 Å². The summed E-state index contributed by atoms with van der Waals surface area (Å²) in [5, 5.41) is 2.80. The van der Waals surface area contributed by atoms with Crippen LogP contribution < -0.4 is 5.32 Å². The molecule has 0 atom stereocenters. The highest BCUT2D eigenvalue weighted by Crippen LogP contribution is 1.98. The minimum absolute atomic E-state index is 0.390. The number of aromatic nitrogens is 4. The Morgan fingerprint density at radius 2 is 1.53 bits per heavy atom. The molecule has 6 nitrogen and oxygen atoms in total. The SMILES string of the molecule is C(=Nc1ncccn1)Nc1ncccn1. The maximum atomic E-state index is 3.96.